The van der Waals surface area contributed by atoms with Crippen LogP contribution in [0.15, 0.2) is 10.2 Å². The predicted octanol–water partition coefficient (Wildman–Crippen LogP) is -0.803. The molecule has 12 heavy (non-hydrogen) atoms. The summed E-state index contributed by atoms with van der Waals surface area (Å²) in [5, 5.41) is 7.59. The summed E-state index contributed by atoms with van der Waals surface area (Å²) in [5.74, 6) is 0.474. The van der Waals surface area contributed by atoms with E-state index in [9.17, 15) is 0 Å². The normalized spacial score (nSPS) is 27.8. The van der Waals surface area contributed by atoms with E-state index in [1.54, 1.807) is 0 Å². The summed E-state index contributed by atoms with van der Waals surface area (Å²) in [7, 11) is 2.05. The minimum atomic E-state index is 0.0178. The van der Waals surface area contributed by atoms with E-state index in [-0.39, 0.29) is 5.96 Å². The zero-order chi connectivity index (χ0) is 9.14. The van der Waals surface area contributed by atoms with Crippen molar-refractivity contribution < 1.29 is 0 Å². The maximum absolute atomic E-state index is 5.16. The molecular weight excluding hydrogens is 154 g/mol. The molecule has 5 heteroatoms. The lowest BCUT2D eigenvalue weighted by molar-refractivity contribution is 0.403. The summed E-state index contributed by atoms with van der Waals surface area (Å²) < 4.78 is 0. The van der Waals surface area contributed by atoms with Crippen LogP contribution in [-0.4, -0.2) is 36.7 Å². The van der Waals surface area contributed by atoms with Gasteiger partial charge in [-0.15, -0.1) is 5.10 Å². The van der Waals surface area contributed by atoms with Gasteiger partial charge in [-0.3, -0.25) is 0 Å². The van der Waals surface area contributed by atoms with Gasteiger partial charge in [0.25, 0.3) is 0 Å². The van der Waals surface area contributed by atoms with Gasteiger partial charge in [0.05, 0.1) is 5.71 Å². The van der Waals surface area contributed by atoms with Crippen molar-refractivity contribution in [1.29, 1.82) is 0 Å². The van der Waals surface area contributed by atoms with Crippen LogP contribution in [0.3, 0.4) is 0 Å². The van der Waals surface area contributed by atoms with E-state index in [2.05, 4.69) is 29.1 Å². The Morgan fingerprint density at radius 2 is 2.25 bits per heavy atom. The molecule has 0 radical (unpaired) electrons. The number of hydrogen-bond acceptors (Lipinski definition) is 3. The SMILES string of the molecule is CC1CN(C)C/C1=N\N=C(N)N. The molecule has 0 aromatic carbocycles. The Morgan fingerprint density at radius 1 is 1.58 bits per heavy atom. The quantitative estimate of drug-likeness (QED) is 0.306. The van der Waals surface area contributed by atoms with Gasteiger partial charge in [-0.25, -0.2) is 0 Å². The van der Waals surface area contributed by atoms with Gasteiger partial charge in [0.1, 0.15) is 0 Å². The number of rotatable bonds is 1. The lowest BCUT2D eigenvalue weighted by Gasteiger charge is -2.02. The number of guanidine groups is 1. The molecule has 68 valence electrons. The van der Waals surface area contributed by atoms with Crippen molar-refractivity contribution in [1.82, 2.24) is 4.90 Å². The van der Waals surface area contributed by atoms with Crippen molar-refractivity contribution in [3.8, 4) is 0 Å². The maximum atomic E-state index is 5.16. The van der Waals surface area contributed by atoms with Crippen LogP contribution in [0, 0.1) is 5.92 Å². The molecule has 5 nitrogen and oxygen atoms in total. The largest absolute Gasteiger partial charge is 0.369 e. The molecule has 0 aliphatic carbocycles. The molecule has 1 aliphatic heterocycles. The van der Waals surface area contributed by atoms with Gasteiger partial charge >= 0.3 is 0 Å². The minimum Gasteiger partial charge on any atom is -0.369 e. The highest BCUT2D eigenvalue weighted by atomic mass is 15.3. The molecule has 0 bridgehead atoms. The van der Waals surface area contributed by atoms with Crippen molar-refractivity contribution in [2.45, 2.75) is 6.92 Å². The van der Waals surface area contributed by atoms with Crippen molar-refractivity contribution in [3.05, 3.63) is 0 Å². The molecule has 0 saturated carbocycles. The molecule has 1 rings (SSSR count). The fourth-order valence-electron chi connectivity index (χ4n) is 1.32. The van der Waals surface area contributed by atoms with Crippen LogP contribution >= 0.6 is 0 Å². The zero-order valence-corrected chi connectivity index (χ0v) is 7.49. The second kappa shape index (κ2) is 3.53. The van der Waals surface area contributed by atoms with Crippen LogP contribution in [-0.2, 0) is 0 Å². The van der Waals surface area contributed by atoms with Crippen LogP contribution in [0.1, 0.15) is 6.92 Å². The first-order chi connectivity index (χ1) is 5.59. The molecule has 4 N–H and O–H groups in total. The van der Waals surface area contributed by atoms with Crippen molar-refractivity contribution >= 4 is 11.7 Å². The Balaban J connectivity index is 2.63. The van der Waals surface area contributed by atoms with Gasteiger partial charge in [0.2, 0.25) is 5.96 Å². The van der Waals surface area contributed by atoms with E-state index < -0.39 is 0 Å². The van der Waals surface area contributed by atoms with E-state index in [0.29, 0.717) is 5.92 Å². The minimum absolute atomic E-state index is 0.0178. The van der Waals surface area contributed by atoms with Gasteiger partial charge < -0.3 is 16.4 Å². The average molecular weight is 169 g/mol. The summed E-state index contributed by atoms with van der Waals surface area (Å²) in [6.45, 7) is 4.00. The molecule has 0 spiro atoms. The molecule has 0 aromatic rings. The second-order valence-electron chi connectivity index (χ2n) is 3.21. The highest BCUT2D eigenvalue weighted by Crippen LogP contribution is 2.10. The third-order valence-electron chi connectivity index (χ3n) is 1.88. The molecule has 0 aromatic heterocycles. The number of nitrogens with two attached hydrogens (primary N) is 2. The summed E-state index contributed by atoms with van der Waals surface area (Å²) in [6, 6.07) is 0. The van der Waals surface area contributed by atoms with E-state index in [4.69, 9.17) is 11.5 Å². The molecular formula is C7H15N5. The van der Waals surface area contributed by atoms with E-state index in [0.717, 1.165) is 18.8 Å². The Bertz CT molecular complexity index is 216. The standard InChI is InChI=1S/C7H15N5/c1-5-3-12(2)4-6(5)10-11-7(8)9/h5H,3-4H2,1-2H3,(H4,8,9,11)/b10-6+. The van der Waals surface area contributed by atoms with Crippen LogP contribution in [0.2, 0.25) is 0 Å². The van der Waals surface area contributed by atoms with E-state index in [1.807, 2.05) is 0 Å². The third kappa shape index (κ3) is 2.20. The Kier molecular flexibility index (Phi) is 2.65. The number of nitrogens with zero attached hydrogens (tertiary/aromatic N) is 3. The smallest absolute Gasteiger partial charge is 0.211 e. The fourth-order valence-corrected chi connectivity index (χ4v) is 1.32. The van der Waals surface area contributed by atoms with Gasteiger partial charge in [-0.1, -0.05) is 6.92 Å². The molecule has 1 fully saturated rings. The predicted molar refractivity (Wildman–Crippen MR) is 49.9 cm³/mol. The van der Waals surface area contributed by atoms with Crippen LogP contribution in [0.5, 0.6) is 0 Å². The van der Waals surface area contributed by atoms with Gasteiger partial charge in [0.15, 0.2) is 0 Å². The fraction of sp³-hybridized carbons (Fsp3) is 0.714. The maximum Gasteiger partial charge on any atom is 0.211 e. The van der Waals surface area contributed by atoms with E-state index in [1.165, 1.54) is 0 Å². The number of likely N-dealkylation sites (tertiary alicyclic amines) is 1. The first-order valence-corrected chi connectivity index (χ1v) is 3.93. The summed E-state index contributed by atoms with van der Waals surface area (Å²) in [4.78, 5) is 2.19. The van der Waals surface area contributed by atoms with Crippen molar-refractivity contribution in [3.63, 3.8) is 0 Å². The number of hydrogen-bond donors (Lipinski definition) is 2. The molecule has 1 unspecified atom stereocenters. The van der Waals surface area contributed by atoms with Gasteiger partial charge in [-0.05, 0) is 7.05 Å². The molecule has 1 saturated heterocycles. The molecule has 1 atom stereocenters. The first-order valence-electron chi connectivity index (χ1n) is 3.93. The van der Waals surface area contributed by atoms with Crippen LogP contribution in [0.25, 0.3) is 0 Å². The van der Waals surface area contributed by atoms with Gasteiger partial charge in [0, 0.05) is 19.0 Å². The second-order valence-corrected chi connectivity index (χ2v) is 3.21. The highest BCUT2D eigenvalue weighted by Gasteiger charge is 2.22. The molecule has 1 heterocycles. The van der Waals surface area contributed by atoms with Crippen molar-refractivity contribution in [2.24, 2.45) is 27.6 Å². The first kappa shape index (κ1) is 8.99. The summed E-state index contributed by atoms with van der Waals surface area (Å²) >= 11 is 0. The zero-order valence-electron chi connectivity index (χ0n) is 7.49. The van der Waals surface area contributed by atoms with Crippen LogP contribution in [0.4, 0.5) is 0 Å². The molecule has 0 amide bonds. The monoisotopic (exact) mass is 169 g/mol. The van der Waals surface area contributed by atoms with E-state index >= 15 is 0 Å². The van der Waals surface area contributed by atoms with Crippen molar-refractivity contribution in [2.75, 3.05) is 20.1 Å². The molecule has 1 aliphatic rings. The Labute approximate surface area is 72.1 Å². The lowest BCUT2D eigenvalue weighted by atomic mass is 10.1. The Morgan fingerprint density at radius 3 is 2.67 bits per heavy atom. The highest BCUT2D eigenvalue weighted by molar-refractivity contribution is 5.91. The third-order valence-corrected chi connectivity index (χ3v) is 1.88. The average Bonchev–Trinajstić information content (AvgIpc) is 2.26. The Hall–Kier alpha value is -1.10. The summed E-state index contributed by atoms with van der Waals surface area (Å²) in [6.07, 6.45) is 0. The lowest BCUT2D eigenvalue weighted by Crippen LogP contribution is -2.22. The topological polar surface area (TPSA) is 80.0 Å². The van der Waals surface area contributed by atoms with Gasteiger partial charge in [-0.2, -0.15) is 5.10 Å². The summed E-state index contributed by atoms with van der Waals surface area (Å²) in [5.41, 5.74) is 11.4. The van der Waals surface area contributed by atoms with Crippen LogP contribution < -0.4 is 11.5 Å².